The molecule has 0 aliphatic carbocycles. The summed E-state index contributed by atoms with van der Waals surface area (Å²) in [5.74, 6) is -1.48. The van der Waals surface area contributed by atoms with Gasteiger partial charge in [-0.1, -0.05) is 19.4 Å². The van der Waals surface area contributed by atoms with Crippen molar-refractivity contribution in [1.82, 2.24) is 5.32 Å². The molecule has 0 bridgehead atoms. The lowest BCUT2D eigenvalue weighted by Crippen LogP contribution is -2.44. The van der Waals surface area contributed by atoms with Gasteiger partial charge in [0.05, 0.1) is 0 Å². The zero-order chi connectivity index (χ0) is 12.8. The molecule has 0 aliphatic heterocycles. The maximum absolute atomic E-state index is 11.7. The van der Waals surface area contributed by atoms with E-state index in [0.29, 0.717) is 12.8 Å². The van der Waals surface area contributed by atoms with Crippen LogP contribution in [0.3, 0.4) is 0 Å². The SMILES string of the molecule is CCCC(NC(=O)C(N)c1cccs1)C(=O)O. The lowest BCUT2D eigenvalue weighted by molar-refractivity contribution is -0.142. The molecule has 0 saturated heterocycles. The van der Waals surface area contributed by atoms with Gasteiger partial charge in [-0.05, 0) is 17.9 Å². The van der Waals surface area contributed by atoms with Gasteiger partial charge in [0, 0.05) is 4.88 Å². The molecular weight excluding hydrogens is 240 g/mol. The van der Waals surface area contributed by atoms with Crippen LogP contribution < -0.4 is 11.1 Å². The Morgan fingerprint density at radius 1 is 1.59 bits per heavy atom. The lowest BCUT2D eigenvalue weighted by atomic mass is 10.1. The first-order chi connectivity index (χ1) is 8.06. The highest BCUT2D eigenvalue weighted by molar-refractivity contribution is 7.10. The van der Waals surface area contributed by atoms with E-state index < -0.39 is 24.0 Å². The fourth-order valence-corrected chi connectivity index (χ4v) is 2.13. The average molecular weight is 256 g/mol. The van der Waals surface area contributed by atoms with Crippen molar-refractivity contribution in [3.8, 4) is 0 Å². The second kappa shape index (κ2) is 6.36. The number of aliphatic carboxylic acids is 1. The number of carboxylic acid groups (broad SMARTS) is 1. The highest BCUT2D eigenvalue weighted by Crippen LogP contribution is 2.17. The van der Waals surface area contributed by atoms with E-state index in [1.54, 1.807) is 12.1 Å². The molecular formula is C11H16N2O3S. The van der Waals surface area contributed by atoms with Gasteiger partial charge in [0.15, 0.2) is 0 Å². The molecule has 0 aliphatic rings. The van der Waals surface area contributed by atoms with Gasteiger partial charge in [0.25, 0.3) is 0 Å². The number of carbonyl (C=O) groups is 2. The molecule has 5 nitrogen and oxygen atoms in total. The van der Waals surface area contributed by atoms with Crippen LogP contribution in [0.5, 0.6) is 0 Å². The number of rotatable bonds is 6. The maximum Gasteiger partial charge on any atom is 0.326 e. The van der Waals surface area contributed by atoms with Crippen molar-refractivity contribution in [2.75, 3.05) is 0 Å². The molecule has 0 saturated carbocycles. The molecule has 2 atom stereocenters. The predicted octanol–water partition coefficient (Wildman–Crippen LogP) is 1.12. The first kappa shape index (κ1) is 13.7. The minimum atomic E-state index is -1.03. The molecule has 4 N–H and O–H groups in total. The van der Waals surface area contributed by atoms with E-state index in [1.807, 2.05) is 12.3 Å². The van der Waals surface area contributed by atoms with Crippen molar-refractivity contribution in [2.45, 2.75) is 31.8 Å². The van der Waals surface area contributed by atoms with Crippen molar-refractivity contribution in [2.24, 2.45) is 5.73 Å². The zero-order valence-corrected chi connectivity index (χ0v) is 10.4. The summed E-state index contributed by atoms with van der Waals surface area (Å²) in [6.07, 6.45) is 1.09. The van der Waals surface area contributed by atoms with Crippen molar-refractivity contribution in [1.29, 1.82) is 0 Å². The van der Waals surface area contributed by atoms with E-state index in [-0.39, 0.29) is 0 Å². The van der Waals surface area contributed by atoms with Gasteiger partial charge in [0.1, 0.15) is 12.1 Å². The van der Waals surface area contributed by atoms with Crippen molar-refractivity contribution in [3.63, 3.8) is 0 Å². The van der Waals surface area contributed by atoms with Crippen LogP contribution in [0.2, 0.25) is 0 Å². The Morgan fingerprint density at radius 2 is 2.29 bits per heavy atom. The second-order valence-corrected chi connectivity index (χ2v) is 4.66. The van der Waals surface area contributed by atoms with E-state index in [0.717, 1.165) is 4.88 Å². The Bertz CT molecular complexity index is 378. The summed E-state index contributed by atoms with van der Waals surface area (Å²) in [5.41, 5.74) is 5.73. The van der Waals surface area contributed by atoms with E-state index in [1.165, 1.54) is 11.3 Å². The molecule has 94 valence electrons. The van der Waals surface area contributed by atoms with Crippen LogP contribution in [-0.2, 0) is 9.59 Å². The predicted molar refractivity (Wildman–Crippen MR) is 65.7 cm³/mol. The Hall–Kier alpha value is -1.40. The second-order valence-electron chi connectivity index (χ2n) is 3.68. The van der Waals surface area contributed by atoms with Gasteiger partial charge < -0.3 is 16.2 Å². The summed E-state index contributed by atoms with van der Waals surface area (Å²) >= 11 is 1.37. The molecule has 1 aromatic rings. The molecule has 6 heteroatoms. The minimum Gasteiger partial charge on any atom is -0.480 e. The molecule has 1 heterocycles. The normalized spacial score (nSPS) is 14.0. The van der Waals surface area contributed by atoms with Gasteiger partial charge in [-0.2, -0.15) is 0 Å². The molecule has 1 aromatic heterocycles. The molecule has 2 unspecified atom stereocenters. The highest BCUT2D eigenvalue weighted by atomic mass is 32.1. The third-order valence-electron chi connectivity index (χ3n) is 2.32. The Morgan fingerprint density at radius 3 is 2.76 bits per heavy atom. The first-order valence-electron chi connectivity index (χ1n) is 5.38. The maximum atomic E-state index is 11.7. The summed E-state index contributed by atoms with van der Waals surface area (Å²) in [6.45, 7) is 1.86. The van der Waals surface area contributed by atoms with Crippen LogP contribution in [0, 0.1) is 0 Å². The molecule has 1 rings (SSSR count). The van der Waals surface area contributed by atoms with Gasteiger partial charge in [-0.25, -0.2) is 4.79 Å². The van der Waals surface area contributed by atoms with Crippen LogP contribution in [-0.4, -0.2) is 23.0 Å². The number of amides is 1. The average Bonchev–Trinajstić information content (AvgIpc) is 2.80. The van der Waals surface area contributed by atoms with Gasteiger partial charge in [-0.15, -0.1) is 11.3 Å². The largest absolute Gasteiger partial charge is 0.480 e. The monoisotopic (exact) mass is 256 g/mol. The summed E-state index contributed by atoms with van der Waals surface area (Å²) in [7, 11) is 0. The lowest BCUT2D eigenvalue weighted by Gasteiger charge is -2.16. The summed E-state index contributed by atoms with van der Waals surface area (Å²) in [5, 5.41) is 13.2. The number of carboxylic acids is 1. The van der Waals surface area contributed by atoms with E-state index in [2.05, 4.69) is 5.32 Å². The van der Waals surface area contributed by atoms with Crippen molar-refractivity contribution < 1.29 is 14.7 Å². The van der Waals surface area contributed by atoms with E-state index in [4.69, 9.17) is 10.8 Å². The molecule has 0 fully saturated rings. The summed E-state index contributed by atoms with van der Waals surface area (Å²) < 4.78 is 0. The fourth-order valence-electron chi connectivity index (χ4n) is 1.40. The van der Waals surface area contributed by atoms with Gasteiger partial charge in [0.2, 0.25) is 5.91 Å². The number of thiophene rings is 1. The molecule has 1 amide bonds. The third-order valence-corrected chi connectivity index (χ3v) is 3.28. The van der Waals surface area contributed by atoms with Crippen molar-refractivity contribution >= 4 is 23.2 Å². The Balaban J connectivity index is 2.61. The van der Waals surface area contributed by atoms with Crippen LogP contribution in [0.1, 0.15) is 30.7 Å². The standard InChI is InChI=1S/C11H16N2O3S/c1-2-4-7(11(15)16)13-10(14)9(12)8-5-3-6-17-8/h3,5-7,9H,2,4,12H2,1H3,(H,13,14)(H,15,16). The smallest absolute Gasteiger partial charge is 0.326 e. The molecule has 17 heavy (non-hydrogen) atoms. The van der Waals surface area contributed by atoms with Crippen LogP contribution in [0.4, 0.5) is 0 Å². The Kier molecular flexibility index (Phi) is 5.11. The highest BCUT2D eigenvalue weighted by Gasteiger charge is 2.23. The number of nitrogens with one attached hydrogen (secondary N) is 1. The number of hydrogen-bond acceptors (Lipinski definition) is 4. The van der Waals surface area contributed by atoms with Crippen LogP contribution in [0.15, 0.2) is 17.5 Å². The third kappa shape index (κ3) is 3.83. The zero-order valence-electron chi connectivity index (χ0n) is 9.55. The van der Waals surface area contributed by atoms with E-state index >= 15 is 0 Å². The van der Waals surface area contributed by atoms with Crippen LogP contribution in [0.25, 0.3) is 0 Å². The Labute approximate surface area is 104 Å². The summed E-state index contributed by atoms with van der Waals surface area (Å²) in [4.78, 5) is 23.3. The topological polar surface area (TPSA) is 92.4 Å². The first-order valence-corrected chi connectivity index (χ1v) is 6.26. The quantitative estimate of drug-likeness (QED) is 0.711. The fraction of sp³-hybridized carbons (Fsp3) is 0.455. The van der Waals surface area contributed by atoms with Crippen molar-refractivity contribution in [3.05, 3.63) is 22.4 Å². The number of carbonyl (C=O) groups excluding carboxylic acids is 1. The van der Waals surface area contributed by atoms with E-state index in [9.17, 15) is 9.59 Å². The number of hydrogen-bond donors (Lipinski definition) is 3. The number of nitrogens with two attached hydrogens (primary N) is 1. The van der Waals surface area contributed by atoms with Gasteiger partial charge >= 0.3 is 5.97 Å². The molecule has 0 spiro atoms. The van der Waals surface area contributed by atoms with Gasteiger partial charge in [-0.3, -0.25) is 4.79 Å². The summed E-state index contributed by atoms with van der Waals surface area (Å²) in [6, 6.07) is 1.89. The minimum absolute atomic E-state index is 0.401. The molecule has 0 radical (unpaired) electrons. The van der Waals surface area contributed by atoms with Crippen LogP contribution >= 0.6 is 11.3 Å². The molecule has 0 aromatic carbocycles.